The number of ether oxygens (including phenoxy) is 2. The van der Waals surface area contributed by atoms with E-state index in [0.717, 1.165) is 5.56 Å². The van der Waals surface area contributed by atoms with E-state index < -0.39 is 0 Å². The smallest absolute Gasteiger partial charge is 0.220 e. The zero-order valence-electron chi connectivity index (χ0n) is 13.7. The van der Waals surface area contributed by atoms with Crippen molar-refractivity contribution < 1.29 is 18.7 Å². The summed E-state index contributed by atoms with van der Waals surface area (Å²) in [6.07, 6.45) is 1.26. The lowest BCUT2D eigenvalue weighted by Crippen LogP contribution is -2.26. The third-order valence-corrected chi connectivity index (χ3v) is 4.25. The van der Waals surface area contributed by atoms with Crippen LogP contribution in [0.2, 0.25) is 5.02 Å². The number of fused-ring (bicyclic) bond motifs is 1. The molecule has 1 amide bonds. The van der Waals surface area contributed by atoms with Gasteiger partial charge < -0.3 is 14.8 Å². The van der Waals surface area contributed by atoms with Crippen LogP contribution in [0.15, 0.2) is 36.4 Å². The number of rotatable bonds is 6. The Morgan fingerprint density at radius 3 is 2.80 bits per heavy atom. The van der Waals surface area contributed by atoms with Gasteiger partial charge in [-0.15, -0.1) is 0 Å². The lowest BCUT2D eigenvalue weighted by atomic mass is 10.1. The Balaban J connectivity index is 1.47. The SMILES string of the molecule is O=C(CCc1ccccc1F)NCCc1cc(Cl)c2c(c1)OCCO2. The van der Waals surface area contributed by atoms with Crippen LogP contribution >= 0.6 is 11.6 Å². The molecule has 0 unspecified atom stereocenters. The first-order valence-electron chi connectivity index (χ1n) is 8.21. The van der Waals surface area contributed by atoms with Gasteiger partial charge in [0.05, 0.1) is 5.02 Å². The molecule has 0 saturated heterocycles. The molecule has 2 aromatic rings. The molecule has 0 radical (unpaired) electrons. The number of nitrogens with one attached hydrogen (secondary N) is 1. The molecule has 2 aromatic carbocycles. The number of halogens is 2. The highest BCUT2D eigenvalue weighted by Gasteiger charge is 2.16. The Kier molecular flexibility index (Phi) is 5.76. The molecule has 132 valence electrons. The van der Waals surface area contributed by atoms with Gasteiger partial charge in [-0.25, -0.2) is 4.39 Å². The van der Waals surface area contributed by atoms with Crippen molar-refractivity contribution in [2.24, 2.45) is 0 Å². The second kappa shape index (κ2) is 8.21. The molecule has 1 N–H and O–H groups in total. The van der Waals surface area contributed by atoms with E-state index in [2.05, 4.69) is 5.32 Å². The van der Waals surface area contributed by atoms with Crippen LogP contribution in [0.3, 0.4) is 0 Å². The van der Waals surface area contributed by atoms with Crippen molar-refractivity contribution >= 4 is 17.5 Å². The molecule has 3 rings (SSSR count). The molecule has 25 heavy (non-hydrogen) atoms. The highest BCUT2D eigenvalue weighted by atomic mass is 35.5. The Labute approximate surface area is 150 Å². The first kappa shape index (κ1) is 17.5. The number of aryl methyl sites for hydroxylation is 1. The van der Waals surface area contributed by atoms with Crippen molar-refractivity contribution in [3.8, 4) is 11.5 Å². The number of hydrogen-bond acceptors (Lipinski definition) is 3. The molecular weight excluding hydrogens is 345 g/mol. The average Bonchev–Trinajstić information content (AvgIpc) is 2.61. The van der Waals surface area contributed by atoms with Gasteiger partial charge in [0.25, 0.3) is 0 Å². The Morgan fingerprint density at radius 2 is 1.96 bits per heavy atom. The van der Waals surface area contributed by atoms with E-state index in [1.807, 2.05) is 12.1 Å². The molecule has 0 aliphatic carbocycles. The van der Waals surface area contributed by atoms with Crippen molar-refractivity contribution in [3.05, 3.63) is 58.4 Å². The van der Waals surface area contributed by atoms with Crippen LogP contribution in [0.5, 0.6) is 11.5 Å². The molecule has 6 heteroatoms. The Hall–Kier alpha value is -2.27. The minimum absolute atomic E-state index is 0.105. The lowest BCUT2D eigenvalue weighted by Gasteiger charge is -2.20. The Morgan fingerprint density at radius 1 is 1.16 bits per heavy atom. The molecule has 1 aliphatic rings. The van der Waals surface area contributed by atoms with Crippen molar-refractivity contribution in [1.29, 1.82) is 0 Å². The molecule has 0 aromatic heterocycles. The monoisotopic (exact) mass is 363 g/mol. The van der Waals surface area contributed by atoms with E-state index in [1.165, 1.54) is 6.07 Å². The molecule has 4 nitrogen and oxygen atoms in total. The van der Waals surface area contributed by atoms with Gasteiger partial charge in [0.15, 0.2) is 11.5 Å². The van der Waals surface area contributed by atoms with Gasteiger partial charge in [0, 0.05) is 13.0 Å². The summed E-state index contributed by atoms with van der Waals surface area (Å²) in [5.41, 5.74) is 1.51. The molecule has 1 aliphatic heterocycles. The van der Waals surface area contributed by atoms with E-state index in [1.54, 1.807) is 18.2 Å². The van der Waals surface area contributed by atoms with Gasteiger partial charge >= 0.3 is 0 Å². The summed E-state index contributed by atoms with van der Waals surface area (Å²) >= 11 is 6.19. The van der Waals surface area contributed by atoms with Crippen LogP contribution in [-0.2, 0) is 17.6 Å². The maximum atomic E-state index is 13.5. The first-order chi connectivity index (χ1) is 12.1. The van der Waals surface area contributed by atoms with E-state index in [-0.39, 0.29) is 18.1 Å². The maximum absolute atomic E-state index is 13.5. The highest BCUT2D eigenvalue weighted by Crippen LogP contribution is 2.38. The minimum atomic E-state index is -0.277. The number of carbonyl (C=O) groups excluding carboxylic acids is 1. The van der Waals surface area contributed by atoms with Crippen LogP contribution in [0.1, 0.15) is 17.5 Å². The van der Waals surface area contributed by atoms with Crippen LogP contribution in [-0.4, -0.2) is 25.7 Å². The third-order valence-electron chi connectivity index (χ3n) is 3.97. The van der Waals surface area contributed by atoms with Crippen LogP contribution in [0, 0.1) is 5.82 Å². The van der Waals surface area contributed by atoms with E-state index in [9.17, 15) is 9.18 Å². The lowest BCUT2D eigenvalue weighted by molar-refractivity contribution is -0.121. The van der Waals surface area contributed by atoms with Gasteiger partial charge in [-0.2, -0.15) is 0 Å². The standard InChI is InChI=1S/C19H19ClFNO3/c20-15-11-13(12-17-19(15)25-10-9-24-17)7-8-22-18(23)6-5-14-3-1-2-4-16(14)21/h1-4,11-12H,5-10H2,(H,22,23). The first-order valence-corrected chi connectivity index (χ1v) is 8.59. The maximum Gasteiger partial charge on any atom is 0.220 e. The summed E-state index contributed by atoms with van der Waals surface area (Å²) in [6, 6.07) is 10.2. The van der Waals surface area contributed by atoms with Gasteiger partial charge in [-0.1, -0.05) is 29.8 Å². The van der Waals surface area contributed by atoms with Gasteiger partial charge in [0.1, 0.15) is 19.0 Å². The fourth-order valence-corrected chi connectivity index (χ4v) is 2.98. The topological polar surface area (TPSA) is 47.6 Å². The number of benzene rings is 2. The summed E-state index contributed by atoms with van der Waals surface area (Å²) < 4.78 is 24.5. The zero-order valence-corrected chi connectivity index (χ0v) is 14.4. The second-order valence-electron chi connectivity index (χ2n) is 5.79. The minimum Gasteiger partial charge on any atom is -0.486 e. The molecule has 0 spiro atoms. The van der Waals surface area contributed by atoms with Crippen molar-refractivity contribution in [2.75, 3.05) is 19.8 Å². The van der Waals surface area contributed by atoms with E-state index in [0.29, 0.717) is 54.7 Å². The van der Waals surface area contributed by atoms with E-state index in [4.69, 9.17) is 21.1 Å². The predicted octanol–water partition coefficient (Wildman–Crippen LogP) is 3.54. The summed E-state index contributed by atoms with van der Waals surface area (Å²) in [5.74, 6) is 0.832. The summed E-state index contributed by atoms with van der Waals surface area (Å²) in [5, 5.41) is 3.36. The molecule has 1 heterocycles. The molecule has 0 bridgehead atoms. The average molecular weight is 364 g/mol. The normalized spacial score (nSPS) is 12.7. The van der Waals surface area contributed by atoms with Gasteiger partial charge in [0.2, 0.25) is 5.91 Å². The molecular formula is C19H19ClFNO3. The fourth-order valence-electron chi connectivity index (χ4n) is 2.69. The molecule has 0 fully saturated rings. The fraction of sp³-hybridized carbons (Fsp3) is 0.316. The predicted molar refractivity (Wildman–Crippen MR) is 93.9 cm³/mol. The van der Waals surface area contributed by atoms with Gasteiger partial charge in [-0.3, -0.25) is 4.79 Å². The number of amides is 1. The van der Waals surface area contributed by atoms with Crippen molar-refractivity contribution in [3.63, 3.8) is 0 Å². The summed E-state index contributed by atoms with van der Waals surface area (Å²) in [4.78, 5) is 11.9. The third kappa shape index (κ3) is 4.63. The Bertz CT molecular complexity index is 766. The zero-order chi connectivity index (χ0) is 17.6. The van der Waals surface area contributed by atoms with Gasteiger partial charge in [-0.05, 0) is 42.2 Å². The van der Waals surface area contributed by atoms with Crippen LogP contribution in [0.25, 0.3) is 0 Å². The van der Waals surface area contributed by atoms with Crippen molar-refractivity contribution in [2.45, 2.75) is 19.3 Å². The van der Waals surface area contributed by atoms with E-state index >= 15 is 0 Å². The number of carbonyl (C=O) groups is 1. The summed E-state index contributed by atoms with van der Waals surface area (Å²) in [6.45, 7) is 1.47. The molecule has 0 atom stereocenters. The summed E-state index contributed by atoms with van der Waals surface area (Å²) in [7, 11) is 0. The quantitative estimate of drug-likeness (QED) is 0.854. The van der Waals surface area contributed by atoms with Crippen LogP contribution in [0.4, 0.5) is 4.39 Å². The second-order valence-corrected chi connectivity index (χ2v) is 6.20. The van der Waals surface area contributed by atoms with Crippen molar-refractivity contribution in [1.82, 2.24) is 5.32 Å². The highest BCUT2D eigenvalue weighted by molar-refractivity contribution is 6.32. The number of hydrogen-bond donors (Lipinski definition) is 1. The largest absolute Gasteiger partial charge is 0.486 e. The molecule has 0 saturated carbocycles. The van der Waals surface area contributed by atoms with Crippen LogP contribution < -0.4 is 14.8 Å².